The summed E-state index contributed by atoms with van der Waals surface area (Å²) in [6, 6.07) is 13.8. The number of benzene rings is 1. The minimum Gasteiger partial charge on any atom is -0.332 e. The highest BCUT2D eigenvalue weighted by atomic mass is 16.2. The number of likely N-dealkylation sites (tertiary alicyclic amines) is 1. The van der Waals surface area contributed by atoms with E-state index in [9.17, 15) is 14.4 Å². The van der Waals surface area contributed by atoms with Gasteiger partial charge in [-0.3, -0.25) is 19.4 Å². The van der Waals surface area contributed by atoms with Crippen molar-refractivity contribution in [1.82, 2.24) is 19.7 Å². The molecule has 1 aromatic carbocycles. The van der Waals surface area contributed by atoms with Gasteiger partial charge in [0.15, 0.2) is 0 Å². The summed E-state index contributed by atoms with van der Waals surface area (Å²) in [4.78, 5) is 44.8. The molecule has 2 atom stereocenters. The van der Waals surface area contributed by atoms with Crippen molar-refractivity contribution in [2.24, 2.45) is 0 Å². The second-order valence-corrected chi connectivity index (χ2v) is 7.97. The Morgan fingerprint density at radius 1 is 1.16 bits per heavy atom. The van der Waals surface area contributed by atoms with Crippen LogP contribution in [0, 0.1) is 6.92 Å². The van der Waals surface area contributed by atoms with Gasteiger partial charge in [-0.15, -0.1) is 0 Å². The van der Waals surface area contributed by atoms with Crippen LogP contribution in [0.4, 0.5) is 5.69 Å². The van der Waals surface area contributed by atoms with E-state index in [1.54, 1.807) is 36.4 Å². The predicted molar refractivity (Wildman–Crippen MR) is 113 cm³/mol. The molecule has 1 N–H and O–H groups in total. The van der Waals surface area contributed by atoms with Gasteiger partial charge in [-0.05, 0) is 42.7 Å². The molecule has 0 aliphatic carbocycles. The molecule has 2 amide bonds. The molecule has 1 fully saturated rings. The summed E-state index contributed by atoms with van der Waals surface area (Å²) in [5.41, 5.74) is 1.85. The van der Waals surface area contributed by atoms with Crippen molar-refractivity contribution in [3.8, 4) is 0 Å². The van der Waals surface area contributed by atoms with Gasteiger partial charge < -0.3 is 10.2 Å². The second kappa shape index (κ2) is 7.16. The fourth-order valence-corrected chi connectivity index (χ4v) is 4.84. The maximum Gasteiger partial charge on any atom is 0.267 e. The zero-order valence-electron chi connectivity index (χ0n) is 17.0. The van der Waals surface area contributed by atoms with Crippen molar-refractivity contribution >= 4 is 17.5 Å². The molecular weight excluding hydrogens is 394 g/mol. The molecule has 2 aliphatic heterocycles. The predicted octanol–water partition coefficient (Wildman–Crippen LogP) is 1.81. The van der Waals surface area contributed by atoms with Crippen LogP contribution >= 0.6 is 0 Å². The average Bonchev–Trinajstić information content (AvgIpc) is 3.31. The molecule has 8 heteroatoms. The molecule has 2 aromatic heterocycles. The highest BCUT2D eigenvalue weighted by molar-refractivity contribution is 6.07. The van der Waals surface area contributed by atoms with E-state index in [2.05, 4.69) is 15.4 Å². The van der Waals surface area contributed by atoms with E-state index in [-0.39, 0.29) is 23.9 Å². The van der Waals surface area contributed by atoms with Gasteiger partial charge in [-0.2, -0.15) is 5.10 Å². The number of amides is 2. The van der Waals surface area contributed by atoms with Crippen molar-refractivity contribution in [2.75, 3.05) is 11.9 Å². The molecule has 8 nitrogen and oxygen atoms in total. The number of hydrogen-bond donors (Lipinski definition) is 1. The molecule has 156 valence electrons. The molecule has 5 rings (SSSR count). The summed E-state index contributed by atoms with van der Waals surface area (Å²) in [7, 11) is 0. The number of aromatic nitrogens is 3. The Balaban J connectivity index is 1.59. The van der Waals surface area contributed by atoms with Crippen LogP contribution in [-0.4, -0.2) is 38.0 Å². The number of carbonyl (C=O) groups is 2. The first kappa shape index (κ1) is 19.2. The van der Waals surface area contributed by atoms with Crippen molar-refractivity contribution in [1.29, 1.82) is 0 Å². The maximum absolute atomic E-state index is 13.4. The van der Waals surface area contributed by atoms with E-state index in [1.807, 2.05) is 30.3 Å². The minimum atomic E-state index is -0.902. The lowest BCUT2D eigenvalue weighted by atomic mass is 9.73. The third-order valence-corrected chi connectivity index (χ3v) is 6.19. The molecule has 1 spiro atoms. The zero-order chi connectivity index (χ0) is 21.6. The molecular formula is C23H21N5O3. The van der Waals surface area contributed by atoms with Gasteiger partial charge in [0.1, 0.15) is 12.0 Å². The van der Waals surface area contributed by atoms with E-state index in [0.29, 0.717) is 18.7 Å². The number of fused-ring (bicyclic) bond motifs is 2. The molecule has 2 unspecified atom stereocenters. The lowest BCUT2D eigenvalue weighted by Gasteiger charge is -2.34. The van der Waals surface area contributed by atoms with E-state index in [0.717, 1.165) is 16.8 Å². The monoisotopic (exact) mass is 415 g/mol. The third-order valence-electron chi connectivity index (χ3n) is 6.19. The number of aryl methyl sites for hydroxylation is 1. The van der Waals surface area contributed by atoms with Crippen molar-refractivity contribution < 1.29 is 9.59 Å². The number of nitrogens with zero attached hydrogens (tertiary/aromatic N) is 4. The Morgan fingerprint density at radius 2 is 2.00 bits per heavy atom. The molecule has 0 bridgehead atoms. The van der Waals surface area contributed by atoms with E-state index in [1.165, 1.54) is 10.7 Å². The van der Waals surface area contributed by atoms with Gasteiger partial charge in [-0.25, -0.2) is 4.68 Å². The van der Waals surface area contributed by atoms with Gasteiger partial charge in [0.25, 0.3) is 5.56 Å². The summed E-state index contributed by atoms with van der Waals surface area (Å²) < 4.78 is 1.17. The molecule has 31 heavy (non-hydrogen) atoms. The smallest absolute Gasteiger partial charge is 0.267 e. The van der Waals surface area contributed by atoms with Gasteiger partial charge in [0, 0.05) is 30.7 Å². The SMILES string of the molecule is Cc1ccc(=O)n(CC(=O)N2CCC3(C(=O)Nc4ccccc43)C2c2cccnc2)n1. The number of nitrogens with one attached hydrogen (secondary N) is 1. The van der Waals surface area contributed by atoms with E-state index in [4.69, 9.17) is 0 Å². The fraction of sp³-hybridized carbons (Fsp3) is 0.261. The number of para-hydroxylation sites is 1. The van der Waals surface area contributed by atoms with Crippen LogP contribution in [0.5, 0.6) is 0 Å². The first-order valence-electron chi connectivity index (χ1n) is 10.2. The molecule has 1 saturated heterocycles. The van der Waals surface area contributed by atoms with Gasteiger partial charge >= 0.3 is 0 Å². The van der Waals surface area contributed by atoms with Crippen LogP contribution in [0.2, 0.25) is 0 Å². The van der Waals surface area contributed by atoms with Gasteiger partial charge in [-0.1, -0.05) is 24.3 Å². The maximum atomic E-state index is 13.4. The van der Waals surface area contributed by atoms with E-state index >= 15 is 0 Å². The summed E-state index contributed by atoms with van der Waals surface area (Å²) in [6.45, 7) is 1.97. The first-order valence-corrected chi connectivity index (χ1v) is 10.2. The standard InChI is InChI=1S/C23H21N5O3/c1-15-8-9-19(29)28(26-15)14-20(30)27-12-10-23(21(27)16-5-4-11-24-13-16)17-6-2-3-7-18(17)25-22(23)31/h2-9,11,13,21H,10,12,14H2,1H3,(H,25,31). The molecule has 2 aliphatic rings. The highest BCUT2D eigenvalue weighted by Crippen LogP contribution is 2.54. The molecule has 3 aromatic rings. The number of hydrogen-bond acceptors (Lipinski definition) is 5. The number of pyridine rings is 1. The lowest BCUT2D eigenvalue weighted by molar-refractivity contribution is -0.134. The summed E-state index contributed by atoms with van der Waals surface area (Å²) in [5.74, 6) is -0.383. The number of rotatable bonds is 3. The average molecular weight is 415 g/mol. The summed E-state index contributed by atoms with van der Waals surface area (Å²) in [5, 5.41) is 7.18. The van der Waals surface area contributed by atoms with Crippen LogP contribution < -0.4 is 10.9 Å². The molecule has 0 saturated carbocycles. The van der Waals surface area contributed by atoms with Gasteiger partial charge in [0.05, 0.1) is 11.7 Å². The Labute approximate surface area is 178 Å². The first-order chi connectivity index (χ1) is 15.0. The van der Waals surface area contributed by atoms with Crippen LogP contribution in [0.3, 0.4) is 0 Å². The fourth-order valence-electron chi connectivity index (χ4n) is 4.84. The van der Waals surface area contributed by atoms with Crippen LogP contribution in [0.1, 0.15) is 29.3 Å². The summed E-state index contributed by atoms with van der Waals surface area (Å²) in [6.07, 6.45) is 3.84. The minimum absolute atomic E-state index is 0.122. The van der Waals surface area contributed by atoms with Crippen molar-refractivity contribution in [3.05, 3.63) is 88.1 Å². The Morgan fingerprint density at radius 3 is 2.81 bits per heavy atom. The lowest BCUT2D eigenvalue weighted by Crippen LogP contribution is -2.44. The number of carbonyl (C=O) groups excluding carboxylic acids is 2. The Kier molecular flexibility index (Phi) is 4.43. The number of anilines is 1. The van der Waals surface area contributed by atoms with Crippen LogP contribution in [0.25, 0.3) is 0 Å². The van der Waals surface area contributed by atoms with Crippen LogP contribution in [0.15, 0.2) is 65.7 Å². The molecule has 4 heterocycles. The zero-order valence-corrected chi connectivity index (χ0v) is 17.0. The molecule has 0 radical (unpaired) electrons. The quantitative estimate of drug-likeness (QED) is 0.704. The van der Waals surface area contributed by atoms with Gasteiger partial charge in [0.2, 0.25) is 11.8 Å². The third kappa shape index (κ3) is 2.94. The highest BCUT2D eigenvalue weighted by Gasteiger charge is 2.59. The second-order valence-electron chi connectivity index (χ2n) is 7.97. The van der Waals surface area contributed by atoms with Crippen molar-refractivity contribution in [3.63, 3.8) is 0 Å². The van der Waals surface area contributed by atoms with Crippen LogP contribution in [-0.2, 0) is 21.5 Å². The van der Waals surface area contributed by atoms with E-state index < -0.39 is 11.5 Å². The Bertz CT molecular complexity index is 1240. The normalized spacial score (nSPS) is 21.9. The summed E-state index contributed by atoms with van der Waals surface area (Å²) >= 11 is 0. The van der Waals surface area contributed by atoms with Crippen molar-refractivity contribution in [2.45, 2.75) is 31.3 Å². The largest absolute Gasteiger partial charge is 0.332 e. The Hall–Kier alpha value is -3.81. The topological polar surface area (TPSA) is 97.2 Å².